The van der Waals surface area contributed by atoms with Gasteiger partial charge >= 0.3 is 5.97 Å². The van der Waals surface area contributed by atoms with Crippen LogP contribution >= 0.6 is 0 Å². The van der Waals surface area contributed by atoms with Gasteiger partial charge < -0.3 is 14.9 Å². The third-order valence-corrected chi connectivity index (χ3v) is 3.92. The SMILES string of the molecule is CCOC(=O)C12C=CC(CC1)c1c(O)[nH]c(O)c12. The molecule has 3 aliphatic carbocycles. The van der Waals surface area contributed by atoms with E-state index in [1.165, 1.54) is 0 Å². The molecule has 5 nitrogen and oxygen atoms in total. The van der Waals surface area contributed by atoms with Crippen molar-refractivity contribution in [2.75, 3.05) is 6.61 Å². The predicted molar refractivity (Wildman–Crippen MR) is 63.5 cm³/mol. The molecule has 1 aromatic rings. The Morgan fingerprint density at radius 2 is 2.33 bits per heavy atom. The summed E-state index contributed by atoms with van der Waals surface area (Å²) in [5.74, 6) is -0.488. The number of ether oxygens (including phenoxy) is 1. The molecule has 3 aliphatic rings. The molecule has 1 heterocycles. The first-order valence-corrected chi connectivity index (χ1v) is 6.11. The van der Waals surface area contributed by atoms with E-state index in [4.69, 9.17) is 4.74 Å². The standard InChI is InChI=1S/C13H15NO4/c1-2-18-12(17)13-5-3-7(4-6-13)8-9(13)11(16)14-10(8)15/h3,5,7,14-16H,2,4,6H2,1H3. The Bertz CT molecular complexity index is 545. The number of aromatic nitrogens is 1. The Kier molecular flexibility index (Phi) is 2.20. The van der Waals surface area contributed by atoms with Crippen molar-refractivity contribution in [2.45, 2.75) is 31.1 Å². The quantitative estimate of drug-likeness (QED) is 0.550. The van der Waals surface area contributed by atoms with Crippen LogP contribution in [-0.4, -0.2) is 27.8 Å². The molecule has 0 amide bonds. The van der Waals surface area contributed by atoms with E-state index in [1.807, 2.05) is 6.08 Å². The third-order valence-electron chi connectivity index (χ3n) is 3.92. The molecule has 4 rings (SSSR count). The molecule has 0 aliphatic heterocycles. The molecule has 0 saturated carbocycles. The van der Waals surface area contributed by atoms with Gasteiger partial charge in [-0.15, -0.1) is 0 Å². The van der Waals surface area contributed by atoms with E-state index >= 15 is 0 Å². The number of allylic oxidation sites excluding steroid dienone is 1. The average Bonchev–Trinajstić information content (AvgIpc) is 2.69. The number of nitrogens with one attached hydrogen (secondary N) is 1. The van der Waals surface area contributed by atoms with Gasteiger partial charge in [0.15, 0.2) is 11.8 Å². The number of H-pyrrole nitrogens is 1. The van der Waals surface area contributed by atoms with Crippen LogP contribution in [0.5, 0.6) is 11.8 Å². The van der Waals surface area contributed by atoms with Crippen molar-refractivity contribution >= 4 is 5.97 Å². The van der Waals surface area contributed by atoms with Gasteiger partial charge in [-0.25, -0.2) is 0 Å². The molecule has 18 heavy (non-hydrogen) atoms. The zero-order chi connectivity index (χ0) is 12.9. The van der Waals surface area contributed by atoms with Gasteiger partial charge in [-0.05, 0) is 19.8 Å². The number of esters is 1. The Labute approximate surface area is 104 Å². The summed E-state index contributed by atoms with van der Waals surface area (Å²) in [6.45, 7) is 2.05. The van der Waals surface area contributed by atoms with Crippen molar-refractivity contribution in [1.29, 1.82) is 0 Å². The van der Waals surface area contributed by atoms with Crippen molar-refractivity contribution in [3.63, 3.8) is 0 Å². The molecular formula is C13H15NO4. The molecule has 0 radical (unpaired) electrons. The van der Waals surface area contributed by atoms with Crippen LogP contribution in [0.3, 0.4) is 0 Å². The maximum absolute atomic E-state index is 12.2. The van der Waals surface area contributed by atoms with E-state index in [1.54, 1.807) is 13.0 Å². The van der Waals surface area contributed by atoms with Gasteiger partial charge in [-0.1, -0.05) is 12.2 Å². The first-order chi connectivity index (χ1) is 8.60. The molecule has 0 fully saturated rings. The Morgan fingerprint density at radius 3 is 2.94 bits per heavy atom. The highest BCUT2D eigenvalue weighted by Crippen LogP contribution is 2.55. The van der Waals surface area contributed by atoms with Gasteiger partial charge in [0.1, 0.15) is 5.41 Å². The highest BCUT2D eigenvalue weighted by molar-refractivity contribution is 5.89. The Balaban J connectivity index is 2.19. The summed E-state index contributed by atoms with van der Waals surface area (Å²) in [6.07, 6.45) is 5.09. The number of aromatic amines is 1. The molecule has 3 N–H and O–H groups in total. The van der Waals surface area contributed by atoms with Crippen LogP contribution < -0.4 is 0 Å². The van der Waals surface area contributed by atoms with E-state index in [9.17, 15) is 15.0 Å². The van der Waals surface area contributed by atoms with E-state index in [0.29, 0.717) is 24.2 Å². The van der Waals surface area contributed by atoms with Crippen LogP contribution in [-0.2, 0) is 14.9 Å². The minimum absolute atomic E-state index is 0.0507. The number of rotatable bonds is 2. The van der Waals surface area contributed by atoms with Crippen LogP contribution in [0, 0.1) is 0 Å². The molecule has 0 saturated heterocycles. The fourth-order valence-electron chi connectivity index (χ4n) is 3.12. The van der Waals surface area contributed by atoms with E-state index in [-0.39, 0.29) is 23.6 Å². The van der Waals surface area contributed by atoms with Crippen LogP contribution in [0.1, 0.15) is 36.8 Å². The van der Waals surface area contributed by atoms with E-state index in [2.05, 4.69) is 4.98 Å². The molecule has 1 aromatic heterocycles. The Morgan fingerprint density at radius 1 is 1.56 bits per heavy atom. The maximum Gasteiger partial charge on any atom is 0.320 e. The minimum Gasteiger partial charge on any atom is -0.494 e. The zero-order valence-corrected chi connectivity index (χ0v) is 10.1. The lowest BCUT2D eigenvalue weighted by Gasteiger charge is -2.39. The molecule has 2 bridgehead atoms. The lowest BCUT2D eigenvalue weighted by molar-refractivity contribution is -0.149. The smallest absolute Gasteiger partial charge is 0.320 e. The van der Waals surface area contributed by atoms with Crippen molar-refractivity contribution in [3.8, 4) is 11.8 Å². The molecule has 2 atom stereocenters. The second-order valence-corrected chi connectivity index (χ2v) is 4.81. The van der Waals surface area contributed by atoms with Gasteiger partial charge in [0, 0.05) is 17.0 Å². The van der Waals surface area contributed by atoms with Crippen LogP contribution in [0.15, 0.2) is 12.2 Å². The van der Waals surface area contributed by atoms with Gasteiger partial charge in [-0.2, -0.15) is 0 Å². The molecule has 96 valence electrons. The lowest BCUT2D eigenvalue weighted by atomic mass is 9.63. The number of hydrogen-bond acceptors (Lipinski definition) is 4. The second-order valence-electron chi connectivity index (χ2n) is 4.81. The van der Waals surface area contributed by atoms with Crippen molar-refractivity contribution in [1.82, 2.24) is 4.98 Å². The van der Waals surface area contributed by atoms with Gasteiger partial charge in [0.2, 0.25) is 0 Å². The number of fused-ring (bicyclic) bond motifs is 1. The minimum atomic E-state index is -0.943. The Hall–Kier alpha value is -1.91. The number of hydrogen-bond donors (Lipinski definition) is 3. The summed E-state index contributed by atoms with van der Waals surface area (Å²) in [5.41, 5.74) is 0.174. The average molecular weight is 249 g/mol. The van der Waals surface area contributed by atoms with Crippen LogP contribution in [0.4, 0.5) is 0 Å². The van der Waals surface area contributed by atoms with Crippen LogP contribution in [0.25, 0.3) is 0 Å². The fourth-order valence-corrected chi connectivity index (χ4v) is 3.12. The summed E-state index contributed by atoms with van der Waals surface area (Å²) in [6, 6.07) is 0. The summed E-state index contributed by atoms with van der Waals surface area (Å²) < 4.78 is 5.12. The number of carbonyl (C=O) groups is 1. The van der Waals surface area contributed by atoms with Crippen molar-refractivity contribution < 1.29 is 19.7 Å². The summed E-state index contributed by atoms with van der Waals surface area (Å²) >= 11 is 0. The topological polar surface area (TPSA) is 82.5 Å². The normalized spacial score (nSPS) is 28.2. The summed E-state index contributed by atoms with van der Waals surface area (Å²) in [7, 11) is 0. The van der Waals surface area contributed by atoms with Crippen molar-refractivity contribution in [3.05, 3.63) is 23.3 Å². The predicted octanol–water partition coefficient (Wildman–Crippen LogP) is 1.67. The number of aromatic hydroxyl groups is 2. The highest BCUT2D eigenvalue weighted by atomic mass is 16.5. The third kappa shape index (κ3) is 1.19. The number of carbonyl (C=O) groups excluding carboxylic acids is 1. The molecule has 0 aromatic carbocycles. The second kappa shape index (κ2) is 3.54. The molecule has 5 heteroatoms. The maximum atomic E-state index is 12.2. The largest absolute Gasteiger partial charge is 0.494 e. The summed E-state index contributed by atoms with van der Waals surface area (Å²) in [4.78, 5) is 14.7. The van der Waals surface area contributed by atoms with E-state index in [0.717, 1.165) is 6.42 Å². The zero-order valence-electron chi connectivity index (χ0n) is 10.1. The molecule has 2 unspecified atom stereocenters. The van der Waals surface area contributed by atoms with Gasteiger partial charge in [0.05, 0.1) is 6.61 Å². The highest BCUT2D eigenvalue weighted by Gasteiger charge is 2.51. The van der Waals surface area contributed by atoms with E-state index < -0.39 is 5.41 Å². The first kappa shape index (κ1) is 11.2. The molecule has 0 spiro atoms. The first-order valence-electron chi connectivity index (χ1n) is 6.11. The van der Waals surface area contributed by atoms with Gasteiger partial charge in [-0.3, -0.25) is 9.78 Å². The summed E-state index contributed by atoms with van der Waals surface area (Å²) in [5, 5.41) is 19.7. The lowest BCUT2D eigenvalue weighted by Crippen LogP contribution is -2.41. The van der Waals surface area contributed by atoms with Gasteiger partial charge in [0.25, 0.3) is 0 Å². The van der Waals surface area contributed by atoms with Crippen LogP contribution in [0.2, 0.25) is 0 Å². The fraction of sp³-hybridized carbons (Fsp3) is 0.462. The monoisotopic (exact) mass is 249 g/mol. The molecular weight excluding hydrogens is 234 g/mol. The van der Waals surface area contributed by atoms with Crippen molar-refractivity contribution in [2.24, 2.45) is 0 Å².